The molecule has 0 heterocycles. The molecule has 0 fully saturated rings. The maximum absolute atomic E-state index is 11.7. The van der Waals surface area contributed by atoms with Crippen LogP contribution in [0.15, 0.2) is 35.2 Å². The molecular weight excluding hydrogens is 230 g/mol. The van der Waals surface area contributed by atoms with E-state index in [9.17, 15) is 13.2 Å². The monoisotopic (exact) mass is 243 g/mol. The molecule has 0 radical (unpaired) electrons. The molecule has 0 saturated carbocycles. The quantitative estimate of drug-likeness (QED) is 0.694. The van der Waals surface area contributed by atoms with Crippen LogP contribution in [0, 0.1) is 0 Å². The normalized spacial score (nSPS) is 11.2. The number of hydrogen-bond donors (Lipinski definition) is 2. The molecule has 0 unspecified atom stereocenters. The highest BCUT2D eigenvalue weighted by atomic mass is 32.2. The van der Waals surface area contributed by atoms with E-state index in [1.54, 1.807) is 18.2 Å². The first-order valence-electron chi connectivity index (χ1n) is 4.73. The summed E-state index contributed by atoms with van der Waals surface area (Å²) in [6.45, 7) is -0.103. The number of carbonyl (C=O) groups is 1. The van der Waals surface area contributed by atoms with Gasteiger partial charge in [-0.05, 0) is 12.1 Å². The van der Waals surface area contributed by atoms with Crippen molar-refractivity contribution in [1.29, 1.82) is 0 Å². The van der Waals surface area contributed by atoms with Gasteiger partial charge in [0.05, 0.1) is 17.2 Å². The molecule has 2 N–H and O–H groups in total. The second-order valence-electron chi connectivity index (χ2n) is 3.20. The number of hydrogen-bond acceptors (Lipinski definition) is 4. The fraction of sp³-hybridized carbons (Fsp3) is 0.300. The lowest BCUT2D eigenvalue weighted by atomic mass is 10.4. The highest BCUT2D eigenvalue weighted by Gasteiger charge is 2.12. The van der Waals surface area contributed by atoms with Crippen molar-refractivity contribution in [3.63, 3.8) is 0 Å². The Labute approximate surface area is 94.0 Å². The molecule has 0 amide bonds. The van der Waals surface area contributed by atoms with Gasteiger partial charge in [-0.3, -0.25) is 4.79 Å². The lowest BCUT2D eigenvalue weighted by Gasteiger charge is -2.04. The summed E-state index contributed by atoms with van der Waals surface area (Å²) >= 11 is 0. The van der Waals surface area contributed by atoms with Gasteiger partial charge in [0.15, 0.2) is 9.84 Å². The molecule has 0 atom stereocenters. The third kappa shape index (κ3) is 4.00. The van der Waals surface area contributed by atoms with Crippen LogP contribution in [0.3, 0.4) is 0 Å². The zero-order chi connectivity index (χ0) is 12.0. The van der Waals surface area contributed by atoms with Crippen molar-refractivity contribution < 1.29 is 18.3 Å². The van der Waals surface area contributed by atoms with Gasteiger partial charge in [0, 0.05) is 6.54 Å². The number of carboxylic acids is 1. The second kappa shape index (κ2) is 5.62. The van der Waals surface area contributed by atoms with Crippen molar-refractivity contribution in [1.82, 2.24) is 5.32 Å². The minimum atomic E-state index is -3.31. The van der Waals surface area contributed by atoms with Gasteiger partial charge >= 0.3 is 5.97 Å². The average Bonchev–Trinajstić information content (AvgIpc) is 2.26. The summed E-state index contributed by atoms with van der Waals surface area (Å²) in [5, 5.41) is 10.9. The van der Waals surface area contributed by atoms with E-state index in [-0.39, 0.29) is 23.7 Å². The number of sulfone groups is 1. The van der Waals surface area contributed by atoms with Crippen LogP contribution in [0.1, 0.15) is 0 Å². The van der Waals surface area contributed by atoms with E-state index in [0.717, 1.165) is 0 Å². The Morgan fingerprint density at radius 1 is 1.25 bits per heavy atom. The van der Waals surface area contributed by atoms with Gasteiger partial charge in [-0.15, -0.1) is 0 Å². The number of aliphatic carboxylic acids is 1. The topological polar surface area (TPSA) is 83.5 Å². The fourth-order valence-electron chi connectivity index (χ4n) is 1.15. The van der Waals surface area contributed by atoms with E-state index in [4.69, 9.17) is 5.11 Å². The number of benzene rings is 1. The molecule has 0 aliphatic carbocycles. The molecule has 6 heteroatoms. The minimum Gasteiger partial charge on any atom is -0.480 e. The summed E-state index contributed by atoms with van der Waals surface area (Å²) in [7, 11) is -3.31. The van der Waals surface area contributed by atoms with Gasteiger partial charge in [-0.2, -0.15) is 0 Å². The molecule has 5 nitrogen and oxygen atoms in total. The lowest BCUT2D eigenvalue weighted by Crippen LogP contribution is -2.28. The molecule has 0 aromatic heterocycles. The maximum atomic E-state index is 11.7. The standard InChI is InChI=1S/C10H13NO4S/c12-10(13)8-11-6-7-16(14,15)9-4-2-1-3-5-9/h1-5,11H,6-8H2,(H,12,13). The lowest BCUT2D eigenvalue weighted by molar-refractivity contribution is -0.135. The SMILES string of the molecule is O=C(O)CNCCS(=O)(=O)c1ccccc1. The Hall–Kier alpha value is -1.40. The van der Waals surface area contributed by atoms with Crippen LogP contribution in [-0.4, -0.2) is 38.3 Å². The minimum absolute atomic E-state index is 0.107. The van der Waals surface area contributed by atoms with Crippen molar-refractivity contribution in [2.24, 2.45) is 0 Å². The van der Waals surface area contributed by atoms with Crippen molar-refractivity contribution in [2.45, 2.75) is 4.90 Å². The smallest absolute Gasteiger partial charge is 0.317 e. The first-order valence-corrected chi connectivity index (χ1v) is 6.38. The van der Waals surface area contributed by atoms with Gasteiger partial charge in [0.2, 0.25) is 0 Å². The van der Waals surface area contributed by atoms with Crippen LogP contribution in [0.2, 0.25) is 0 Å². The number of rotatable bonds is 6. The predicted octanol–water partition coefficient (Wildman–Crippen LogP) is 0.135. The van der Waals surface area contributed by atoms with Gasteiger partial charge in [-0.25, -0.2) is 8.42 Å². The Morgan fingerprint density at radius 3 is 2.44 bits per heavy atom. The molecule has 1 aromatic carbocycles. The average molecular weight is 243 g/mol. The zero-order valence-corrected chi connectivity index (χ0v) is 9.40. The van der Waals surface area contributed by atoms with E-state index < -0.39 is 15.8 Å². The van der Waals surface area contributed by atoms with E-state index in [0.29, 0.717) is 0 Å². The number of nitrogens with one attached hydrogen (secondary N) is 1. The van der Waals surface area contributed by atoms with Gasteiger partial charge < -0.3 is 10.4 Å². The van der Waals surface area contributed by atoms with E-state index in [1.165, 1.54) is 12.1 Å². The van der Waals surface area contributed by atoms with Crippen molar-refractivity contribution in [2.75, 3.05) is 18.8 Å². The van der Waals surface area contributed by atoms with E-state index in [2.05, 4.69) is 5.32 Å². The van der Waals surface area contributed by atoms with Crippen LogP contribution >= 0.6 is 0 Å². The Morgan fingerprint density at radius 2 is 1.88 bits per heavy atom. The van der Waals surface area contributed by atoms with Crippen molar-refractivity contribution in [3.8, 4) is 0 Å². The highest BCUT2D eigenvalue weighted by molar-refractivity contribution is 7.91. The summed E-state index contributed by atoms with van der Waals surface area (Å²) in [5.41, 5.74) is 0. The van der Waals surface area contributed by atoms with Crippen LogP contribution < -0.4 is 5.32 Å². The van der Waals surface area contributed by atoms with Gasteiger partial charge in [0.1, 0.15) is 0 Å². The first-order chi connectivity index (χ1) is 7.52. The third-order valence-electron chi connectivity index (χ3n) is 1.93. The highest BCUT2D eigenvalue weighted by Crippen LogP contribution is 2.08. The van der Waals surface area contributed by atoms with Crippen molar-refractivity contribution >= 4 is 15.8 Å². The summed E-state index contributed by atoms with van der Waals surface area (Å²) < 4.78 is 23.4. The summed E-state index contributed by atoms with van der Waals surface area (Å²) in [5.74, 6) is -1.11. The summed E-state index contributed by atoms with van der Waals surface area (Å²) in [6, 6.07) is 8.08. The Bertz CT molecular complexity index is 441. The van der Waals surface area contributed by atoms with Crippen LogP contribution in [-0.2, 0) is 14.6 Å². The summed E-state index contributed by atoms with van der Waals surface area (Å²) in [4.78, 5) is 10.4. The molecule has 0 aliphatic heterocycles. The molecule has 0 spiro atoms. The van der Waals surface area contributed by atoms with Crippen LogP contribution in [0.25, 0.3) is 0 Å². The molecule has 0 aliphatic rings. The molecule has 1 rings (SSSR count). The largest absolute Gasteiger partial charge is 0.480 e. The molecular formula is C10H13NO4S. The van der Waals surface area contributed by atoms with Crippen LogP contribution in [0.5, 0.6) is 0 Å². The zero-order valence-electron chi connectivity index (χ0n) is 8.59. The Balaban J connectivity index is 2.51. The summed E-state index contributed by atoms with van der Waals surface area (Å²) in [6.07, 6.45) is 0. The molecule has 0 bridgehead atoms. The van der Waals surface area contributed by atoms with Gasteiger partial charge in [-0.1, -0.05) is 18.2 Å². The van der Waals surface area contributed by atoms with Gasteiger partial charge in [0.25, 0.3) is 0 Å². The third-order valence-corrected chi connectivity index (χ3v) is 3.66. The predicted molar refractivity (Wildman–Crippen MR) is 59.0 cm³/mol. The number of carboxylic acid groups (broad SMARTS) is 1. The second-order valence-corrected chi connectivity index (χ2v) is 5.31. The molecule has 88 valence electrons. The fourth-order valence-corrected chi connectivity index (χ4v) is 2.37. The maximum Gasteiger partial charge on any atom is 0.317 e. The molecule has 0 saturated heterocycles. The van der Waals surface area contributed by atoms with E-state index >= 15 is 0 Å². The molecule has 1 aromatic rings. The van der Waals surface area contributed by atoms with Crippen molar-refractivity contribution in [3.05, 3.63) is 30.3 Å². The van der Waals surface area contributed by atoms with Crippen LogP contribution in [0.4, 0.5) is 0 Å². The first kappa shape index (κ1) is 12.7. The Kier molecular flexibility index (Phi) is 4.45. The van der Waals surface area contributed by atoms with E-state index in [1.807, 2.05) is 0 Å². The molecule has 16 heavy (non-hydrogen) atoms.